The van der Waals surface area contributed by atoms with Crippen LogP contribution < -0.4 is 5.32 Å². The van der Waals surface area contributed by atoms with E-state index in [1.807, 2.05) is 24.1 Å². The summed E-state index contributed by atoms with van der Waals surface area (Å²) in [6.07, 6.45) is 8.36. The summed E-state index contributed by atoms with van der Waals surface area (Å²) in [5.74, 6) is 0.419. The number of hydrogen-bond acceptors (Lipinski definition) is 3. The highest BCUT2D eigenvalue weighted by Gasteiger charge is 2.23. The average molecular weight is 237 g/mol. The van der Waals surface area contributed by atoms with Crippen molar-refractivity contribution in [2.75, 3.05) is 6.54 Å². The monoisotopic (exact) mass is 237 g/mol. The third-order valence-electron chi connectivity index (χ3n) is 3.78. The number of hydrogen-bond donors (Lipinski definition) is 2. The lowest BCUT2D eigenvalue weighted by molar-refractivity contribution is 0.0684. The van der Waals surface area contributed by atoms with Gasteiger partial charge in [-0.05, 0) is 25.7 Å². The van der Waals surface area contributed by atoms with E-state index in [9.17, 15) is 5.11 Å². The van der Waals surface area contributed by atoms with Gasteiger partial charge in [0.1, 0.15) is 0 Å². The second-order valence-corrected chi connectivity index (χ2v) is 5.19. The number of nitrogens with one attached hydrogen (secondary N) is 1. The van der Waals surface area contributed by atoms with E-state index in [1.165, 1.54) is 18.4 Å². The molecule has 0 aliphatic heterocycles. The quantitative estimate of drug-likeness (QED) is 0.836. The zero-order valence-electron chi connectivity index (χ0n) is 10.8. The van der Waals surface area contributed by atoms with Gasteiger partial charge in [0.05, 0.1) is 12.3 Å². The van der Waals surface area contributed by atoms with Gasteiger partial charge in [0.15, 0.2) is 0 Å². The van der Waals surface area contributed by atoms with Crippen LogP contribution in [-0.2, 0) is 7.05 Å². The lowest BCUT2D eigenvalue weighted by Crippen LogP contribution is -2.34. The standard InChI is InChI=1S/C13H23N3O/c1-10(12-8-15-16(2)9-12)14-7-11-5-3-4-6-13(11)17/h8-11,13-14,17H,3-7H2,1-2H3. The Balaban J connectivity index is 1.81. The lowest BCUT2D eigenvalue weighted by Gasteiger charge is -2.28. The fourth-order valence-electron chi connectivity index (χ4n) is 2.54. The Labute approximate surface area is 103 Å². The van der Waals surface area contributed by atoms with Gasteiger partial charge in [0.25, 0.3) is 0 Å². The van der Waals surface area contributed by atoms with Crippen LogP contribution in [0.3, 0.4) is 0 Å². The summed E-state index contributed by atoms with van der Waals surface area (Å²) in [6.45, 7) is 3.05. The van der Waals surface area contributed by atoms with Gasteiger partial charge in [-0.15, -0.1) is 0 Å². The van der Waals surface area contributed by atoms with E-state index in [0.29, 0.717) is 12.0 Å². The average Bonchev–Trinajstić information content (AvgIpc) is 2.74. The molecule has 1 aromatic rings. The van der Waals surface area contributed by atoms with Gasteiger partial charge in [-0.2, -0.15) is 5.10 Å². The summed E-state index contributed by atoms with van der Waals surface area (Å²) in [5, 5.41) is 17.6. The predicted octanol–water partition coefficient (Wildman–Crippen LogP) is 1.62. The molecule has 1 saturated carbocycles. The number of aromatic nitrogens is 2. The van der Waals surface area contributed by atoms with Crippen molar-refractivity contribution < 1.29 is 5.11 Å². The van der Waals surface area contributed by atoms with Crippen molar-refractivity contribution in [1.82, 2.24) is 15.1 Å². The van der Waals surface area contributed by atoms with Crippen LogP contribution in [0.15, 0.2) is 12.4 Å². The molecular formula is C13H23N3O. The number of nitrogens with zero attached hydrogens (tertiary/aromatic N) is 2. The van der Waals surface area contributed by atoms with Crippen LogP contribution in [0.1, 0.15) is 44.2 Å². The maximum Gasteiger partial charge on any atom is 0.0580 e. The van der Waals surface area contributed by atoms with Crippen molar-refractivity contribution in [1.29, 1.82) is 0 Å². The fourth-order valence-corrected chi connectivity index (χ4v) is 2.54. The zero-order chi connectivity index (χ0) is 12.3. The smallest absolute Gasteiger partial charge is 0.0580 e. The first-order valence-electron chi connectivity index (χ1n) is 6.57. The summed E-state index contributed by atoms with van der Waals surface area (Å²) in [7, 11) is 1.93. The second-order valence-electron chi connectivity index (χ2n) is 5.19. The van der Waals surface area contributed by atoms with Gasteiger partial charge in [-0.3, -0.25) is 4.68 Å². The highest BCUT2D eigenvalue weighted by Crippen LogP contribution is 2.24. The molecule has 3 unspecified atom stereocenters. The van der Waals surface area contributed by atoms with Gasteiger partial charge in [0.2, 0.25) is 0 Å². The molecule has 0 saturated heterocycles. The zero-order valence-corrected chi connectivity index (χ0v) is 10.8. The maximum atomic E-state index is 9.90. The number of aliphatic hydroxyl groups is 1. The SMILES string of the molecule is CC(NCC1CCCCC1O)c1cnn(C)c1. The van der Waals surface area contributed by atoms with Gasteiger partial charge in [-0.1, -0.05) is 12.8 Å². The van der Waals surface area contributed by atoms with Crippen LogP contribution in [0, 0.1) is 5.92 Å². The van der Waals surface area contributed by atoms with Crippen molar-refractivity contribution in [3.63, 3.8) is 0 Å². The largest absolute Gasteiger partial charge is 0.393 e. The lowest BCUT2D eigenvalue weighted by atomic mass is 9.86. The molecule has 1 fully saturated rings. The Morgan fingerprint density at radius 1 is 1.53 bits per heavy atom. The van der Waals surface area contributed by atoms with Crippen molar-refractivity contribution in [2.24, 2.45) is 13.0 Å². The first kappa shape index (κ1) is 12.6. The Hall–Kier alpha value is -0.870. The molecular weight excluding hydrogens is 214 g/mol. The Kier molecular flexibility index (Phi) is 4.18. The molecule has 0 bridgehead atoms. The molecule has 1 aliphatic rings. The van der Waals surface area contributed by atoms with E-state index in [2.05, 4.69) is 17.3 Å². The molecule has 1 aliphatic carbocycles. The minimum absolute atomic E-state index is 0.114. The number of aryl methyl sites for hydroxylation is 1. The Bertz CT molecular complexity index is 350. The molecule has 0 spiro atoms. The Morgan fingerprint density at radius 3 is 2.94 bits per heavy atom. The van der Waals surface area contributed by atoms with Gasteiger partial charge in [0, 0.05) is 31.4 Å². The third kappa shape index (κ3) is 3.30. The normalized spacial score (nSPS) is 27.0. The second kappa shape index (κ2) is 5.65. The molecule has 0 aromatic carbocycles. The van der Waals surface area contributed by atoms with Crippen molar-refractivity contribution >= 4 is 0 Å². The van der Waals surface area contributed by atoms with Gasteiger partial charge in [-0.25, -0.2) is 0 Å². The first-order valence-corrected chi connectivity index (χ1v) is 6.57. The van der Waals surface area contributed by atoms with Crippen molar-refractivity contribution in [3.8, 4) is 0 Å². The summed E-state index contributed by atoms with van der Waals surface area (Å²) in [6, 6.07) is 0.304. The van der Waals surface area contributed by atoms with E-state index >= 15 is 0 Å². The maximum absolute atomic E-state index is 9.90. The molecule has 2 rings (SSSR count). The van der Waals surface area contributed by atoms with Crippen LogP contribution in [0.4, 0.5) is 0 Å². The van der Waals surface area contributed by atoms with E-state index in [4.69, 9.17) is 0 Å². The van der Waals surface area contributed by atoms with Gasteiger partial charge >= 0.3 is 0 Å². The van der Waals surface area contributed by atoms with Crippen LogP contribution >= 0.6 is 0 Å². The summed E-state index contributed by atoms with van der Waals surface area (Å²) in [4.78, 5) is 0. The minimum Gasteiger partial charge on any atom is -0.393 e. The van der Waals surface area contributed by atoms with Crippen LogP contribution in [0.25, 0.3) is 0 Å². The Morgan fingerprint density at radius 2 is 2.29 bits per heavy atom. The van der Waals surface area contributed by atoms with E-state index in [0.717, 1.165) is 19.4 Å². The molecule has 1 aromatic heterocycles. The highest BCUT2D eigenvalue weighted by molar-refractivity contribution is 5.08. The first-order chi connectivity index (χ1) is 8.16. The molecule has 2 N–H and O–H groups in total. The van der Waals surface area contributed by atoms with E-state index in [1.54, 1.807) is 0 Å². The summed E-state index contributed by atoms with van der Waals surface area (Å²) >= 11 is 0. The topological polar surface area (TPSA) is 50.1 Å². The molecule has 1 heterocycles. The van der Waals surface area contributed by atoms with Crippen LogP contribution in [0.5, 0.6) is 0 Å². The summed E-state index contributed by atoms with van der Waals surface area (Å²) in [5.41, 5.74) is 1.21. The molecule has 0 radical (unpaired) electrons. The van der Waals surface area contributed by atoms with E-state index < -0.39 is 0 Å². The minimum atomic E-state index is -0.114. The molecule has 96 valence electrons. The van der Waals surface area contributed by atoms with Crippen LogP contribution in [-0.4, -0.2) is 27.5 Å². The van der Waals surface area contributed by atoms with Crippen molar-refractivity contribution in [3.05, 3.63) is 18.0 Å². The molecule has 4 nitrogen and oxygen atoms in total. The molecule has 0 amide bonds. The predicted molar refractivity (Wildman–Crippen MR) is 67.6 cm³/mol. The summed E-state index contributed by atoms with van der Waals surface area (Å²) < 4.78 is 1.82. The fraction of sp³-hybridized carbons (Fsp3) is 0.769. The molecule has 4 heteroatoms. The highest BCUT2D eigenvalue weighted by atomic mass is 16.3. The van der Waals surface area contributed by atoms with Crippen LogP contribution in [0.2, 0.25) is 0 Å². The van der Waals surface area contributed by atoms with Crippen molar-refractivity contribution in [2.45, 2.75) is 44.8 Å². The van der Waals surface area contributed by atoms with Gasteiger partial charge < -0.3 is 10.4 Å². The number of rotatable bonds is 4. The number of aliphatic hydroxyl groups excluding tert-OH is 1. The van der Waals surface area contributed by atoms with E-state index in [-0.39, 0.29) is 6.10 Å². The molecule has 17 heavy (non-hydrogen) atoms. The third-order valence-corrected chi connectivity index (χ3v) is 3.78. The molecule has 3 atom stereocenters.